The van der Waals surface area contributed by atoms with Gasteiger partial charge in [0.25, 0.3) is 0 Å². The predicted octanol–water partition coefficient (Wildman–Crippen LogP) is 2.96. The molecule has 0 radical (unpaired) electrons. The first-order valence-electron chi connectivity index (χ1n) is 8.63. The minimum absolute atomic E-state index is 0.362. The Hall–Kier alpha value is -0.120. The van der Waals surface area contributed by atoms with E-state index in [1.807, 2.05) is 0 Å². The first-order chi connectivity index (χ1) is 9.44. The van der Waals surface area contributed by atoms with Gasteiger partial charge in [-0.3, -0.25) is 4.90 Å². The van der Waals surface area contributed by atoms with Crippen LogP contribution in [0.5, 0.6) is 0 Å². The highest BCUT2D eigenvalue weighted by Gasteiger charge is 2.34. The lowest BCUT2D eigenvalue weighted by Crippen LogP contribution is -2.63. The Labute approximate surface area is 127 Å². The molecule has 1 aliphatic heterocycles. The molecule has 0 aliphatic carbocycles. The van der Waals surface area contributed by atoms with E-state index in [-0.39, 0.29) is 0 Å². The molecule has 3 heteroatoms. The van der Waals surface area contributed by atoms with Gasteiger partial charge in [0.2, 0.25) is 0 Å². The van der Waals surface area contributed by atoms with Gasteiger partial charge in [0.1, 0.15) is 0 Å². The van der Waals surface area contributed by atoms with Crippen LogP contribution in [0.2, 0.25) is 0 Å². The maximum Gasteiger partial charge on any atom is 0.0304 e. The number of nitrogens with one attached hydrogen (secondary N) is 1. The Kier molecular flexibility index (Phi) is 7.49. The van der Waals surface area contributed by atoms with Gasteiger partial charge < -0.3 is 10.2 Å². The molecule has 1 fully saturated rings. The molecule has 1 saturated heterocycles. The molecule has 0 aromatic heterocycles. The topological polar surface area (TPSA) is 18.5 Å². The van der Waals surface area contributed by atoms with Crippen molar-refractivity contribution < 1.29 is 0 Å². The number of rotatable bonds is 8. The number of piperazine rings is 1. The van der Waals surface area contributed by atoms with Crippen LogP contribution in [0.25, 0.3) is 0 Å². The molecular weight excluding hydrogens is 246 g/mol. The summed E-state index contributed by atoms with van der Waals surface area (Å²) in [6.07, 6.45) is 5.12. The van der Waals surface area contributed by atoms with Gasteiger partial charge in [-0.25, -0.2) is 0 Å². The fraction of sp³-hybridized carbons (Fsp3) is 1.00. The molecule has 120 valence electrons. The average Bonchev–Trinajstić information content (AvgIpc) is 2.45. The van der Waals surface area contributed by atoms with Crippen LogP contribution in [0.1, 0.15) is 60.3 Å². The summed E-state index contributed by atoms with van der Waals surface area (Å²) in [5.41, 5.74) is 0.362. The Morgan fingerprint density at radius 3 is 2.45 bits per heavy atom. The van der Waals surface area contributed by atoms with Crippen LogP contribution in [-0.2, 0) is 0 Å². The number of hydrogen-bond acceptors (Lipinski definition) is 3. The smallest absolute Gasteiger partial charge is 0.0304 e. The fourth-order valence-corrected chi connectivity index (χ4v) is 3.05. The van der Waals surface area contributed by atoms with Crippen LogP contribution >= 0.6 is 0 Å². The van der Waals surface area contributed by atoms with Gasteiger partial charge in [-0.1, -0.05) is 13.8 Å². The van der Waals surface area contributed by atoms with Crippen LogP contribution in [0, 0.1) is 0 Å². The standard InChI is InChI=1S/C17H37N3/c1-7-17(8-2)14-20(16(5)13-18-17)12-10-9-11-19(6)15(3)4/h15-16,18H,7-14H2,1-6H3. The molecule has 1 N–H and O–H groups in total. The molecule has 1 heterocycles. The zero-order chi connectivity index (χ0) is 15.2. The van der Waals surface area contributed by atoms with Gasteiger partial charge in [0.15, 0.2) is 0 Å². The molecular formula is C17H37N3. The summed E-state index contributed by atoms with van der Waals surface area (Å²) in [4.78, 5) is 5.16. The van der Waals surface area contributed by atoms with E-state index in [1.165, 1.54) is 45.3 Å². The second-order valence-electron chi connectivity index (χ2n) is 6.97. The van der Waals surface area contributed by atoms with Crippen molar-refractivity contribution in [3.8, 4) is 0 Å². The summed E-state index contributed by atoms with van der Waals surface area (Å²) in [5, 5.41) is 3.79. The molecule has 0 spiro atoms. The van der Waals surface area contributed by atoms with Crippen molar-refractivity contribution in [3.05, 3.63) is 0 Å². The third-order valence-corrected chi connectivity index (χ3v) is 5.34. The van der Waals surface area contributed by atoms with E-state index in [0.717, 1.165) is 6.54 Å². The van der Waals surface area contributed by atoms with Gasteiger partial charge in [-0.2, -0.15) is 0 Å². The quantitative estimate of drug-likeness (QED) is 0.691. The van der Waals surface area contributed by atoms with Crippen LogP contribution in [-0.4, -0.2) is 60.6 Å². The second kappa shape index (κ2) is 8.35. The maximum absolute atomic E-state index is 3.79. The summed E-state index contributed by atoms with van der Waals surface area (Å²) in [6.45, 7) is 16.4. The Balaban J connectivity index is 2.34. The second-order valence-corrected chi connectivity index (χ2v) is 6.97. The van der Waals surface area contributed by atoms with Gasteiger partial charge in [0, 0.05) is 30.7 Å². The van der Waals surface area contributed by atoms with E-state index in [4.69, 9.17) is 0 Å². The number of nitrogens with zero attached hydrogens (tertiary/aromatic N) is 2. The zero-order valence-corrected chi connectivity index (χ0v) is 14.7. The van der Waals surface area contributed by atoms with E-state index in [2.05, 4.69) is 56.8 Å². The molecule has 0 aromatic carbocycles. The van der Waals surface area contributed by atoms with Crippen molar-refractivity contribution in [2.45, 2.75) is 77.9 Å². The highest BCUT2D eigenvalue weighted by atomic mass is 15.2. The average molecular weight is 284 g/mol. The van der Waals surface area contributed by atoms with Crippen LogP contribution in [0.4, 0.5) is 0 Å². The van der Waals surface area contributed by atoms with Gasteiger partial charge in [-0.05, 0) is 66.6 Å². The zero-order valence-electron chi connectivity index (χ0n) is 14.7. The van der Waals surface area contributed by atoms with Crippen molar-refractivity contribution in [3.63, 3.8) is 0 Å². The summed E-state index contributed by atoms with van der Waals surface area (Å²) in [5.74, 6) is 0. The minimum Gasteiger partial charge on any atom is -0.308 e. The highest BCUT2D eigenvalue weighted by Crippen LogP contribution is 2.22. The lowest BCUT2D eigenvalue weighted by Gasteiger charge is -2.46. The Bertz CT molecular complexity index is 261. The Morgan fingerprint density at radius 2 is 1.90 bits per heavy atom. The van der Waals surface area contributed by atoms with E-state index in [1.54, 1.807) is 0 Å². The number of hydrogen-bond donors (Lipinski definition) is 1. The summed E-state index contributed by atoms with van der Waals surface area (Å²) in [6, 6.07) is 1.35. The molecule has 1 aliphatic rings. The lowest BCUT2D eigenvalue weighted by atomic mass is 9.88. The van der Waals surface area contributed by atoms with E-state index in [9.17, 15) is 0 Å². The van der Waals surface area contributed by atoms with E-state index in [0.29, 0.717) is 17.6 Å². The summed E-state index contributed by atoms with van der Waals surface area (Å²) >= 11 is 0. The van der Waals surface area contributed by atoms with Crippen molar-refractivity contribution in [1.82, 2.24) is 15.1 Å². The predicted molar refractivity (Wildman–Crippen MR) is 89.4 cm³/mol. The Morgan fingerprint density at radius 1 is 1.25 bits per heavy atom. The van der Waals surface area contributed by atoms with Crippen LogP contribution in [0.15, 0.2) is 0 Å². The van der Waals surface area contributed by atoms with Gasteiger partial charge in [-0.15, -0.1) is 0 Å². The molecule has 1 unspecified atom stereocenters. The maximum atomic E-state index is 3.79. The molecule has 0 bridgehead atoms. The fourth-order valence-electron chi connectivity index (χ4n) is 3.05. The third kappa shape index (κ3) is 5.01. The first kappa shape index (κ1) is 17.9. The van der Waals surface area contributed by atoms with Crippen molar-refractivity contribution in [1.29, 1.82) is 0 Å². The monoisotopic (exact) mass is 283 g/mol. The summed E-state index contributed by atoms with van der Waals surface area (Å²) in [7, 11) is 2.23. The lowest BCUT2D eigenvalue weighted by molar-refractivity contribution is 0.0785. The van der Waals surface area contributed by atoms with Crippen molar-refractivity contribution >= 4 is 0 Å². The molecule has 0 saturated carbocycles. The largest absolute Gasteiger partial charge is 0.308 e. The van der Waals surface area contributed by atoms with E-state index < -0.39 is 0 Å². The van der Waals surface area contributed by atoms with Crippen LogP contribution < -0.4 is 5.32 Å². The molecule has 0 amide bonds. The van der Waals surface area contributed by atoms with Crippen molar-refractivity contribution in [2.75, 3.05) is 33.2 Å². The molecule has 20 heavy (non-hydrogen) atoms. The first-order valence-corrected chi connectivity index (χ1v) is 8.63. The molecule has 3 nitrogen and oxygen atoms in total. The van der Waals surface area contributed by atoms with Crippen LogP contribution in [0.3, 0.4) is 0 Å². The minimum atomic E-state index is 0.362. The van der Waals surface area contributed by atoms with Gasteiger partial charge in [0.05, 0.1) is 0 Å². The van der Waals surface area contributed by atoms with Gasteiger partial charge >= 0.3 is 0 Å². The highest BCUT2D eigenvalue weighted by molar-refractivity contribution is 4.95. The molecule has 0 aromatic rings. The third-order valence-electron chi connectivity index (χ3n) is 5.34. The number of unbranched alkanes of at least 4 members (excludes halogenated alkanes) is 1. The normalized spacial score (nSPS) is 23.7. The van der Waals surface area contributed by atoms with E-state index >= 15 is 0 Å². The summed E-state index contributed by atoms with van der Waals surface area (Å²) < 4.78 is 0. The molecule has 1 rings (SSSR count). The van der Waals surface area contributed by atoms with Crippen molar-refractivity contribution in [2.24, 2.45) is 0 Å². The SMILES string of the molecule is CCC1(CC)CN(CCCCN(C)C(C)C)C(C)CN1. The molecule has 1 atom stereocenters.